The zero-order valence-corrected chi connectivity index (χ0v) is 11.3. The van der Waals surface area contributed by atoms with E-state index < -0.39 is 0 Å². The Bertz CT molecular complexity index is 692. The molecule has 20 heavy (non-hydrogen) atoms. The third kappa shape index (κ3) is 2.65. The van der Waals surface area contributed by atoms with Gasteiger partial charge in [0.2, 0.25) is 0 Å². The molecule has 0 saturated carbocycles. The third-order valence-electron chi connectivity index (χ3n) is 3.17. The molecule has 4 nitrogen and oxygen atoms in total. The molecule has 0 atom stereocenters. The van der Waals surface area contributed by atoms with Crippen LogP contribution in [0.2, 0.25) is 0 Å². The Hall–Kier alpha value is -2.33. The lowest BCUT2D eigenvalue weighted by molar-refractivity contribution is 0.0664. The van der Waals surface area contributed by atoms with Gasteiger partial charge in [-0.05, 0) is 17.7 Å². The van der Waals surface area contributed by atoms with Crippen LogP contribution >= 0.6 is 0 Å². The van der Waals surface area contributed by atoms with Crippen molar-refractivity contribution >= 4 is 11.0 Å². The summed E-state index contributed by atoms with van der Waals surface area (Å²) in [7, 11) is 1.66. The number of rotatable bonds is 5. The van der Waals surface area contributed by atoms with E-state index in [0.29, 0.717) is 13.3 Å². The number of hydrogen-bond donors (Lipinski definition) is 0. The summed E-state index contributed by atoms with van der Waals surface area (Å²) >= 11 is 0. The van der Waals surface area contributed by atoms with Gasteiger partial charge in [0.15, 0.2) is 0 Å². The van der Waals surface area contributed by atoms with E-state index in [2.05, 4.69) is 17.1 Å². The van der Waals surface area contributed by atoms with Gasteiger partial charge in [-0.25, -0.2) is 4.98 Å². The minimum atomic E-state index is 0.471. The van der Waals surface area contributed by atoms with Crippen molar-refractivity contribution in [2.75, 3.05) is 7.11 Å². The Morgan fingerprint density at radius 2 is 1.95 bits per heavy atom. The van der Waals surface area contributed by atoms with Crippen LogP contribution in [0.15, 0.2) is 54.9 Å². The van der Waals surface area contributed by atoms with E-state index in [9.17, 15) is 0 Å². The molecule has 0 fully saturated rings. The van der Waals surface area contributed by atoms with Crippen LogP contribution in [0.25, 0.3) is 11.0 Å². The van der Waals surface area contributed by atoms with Gasteiger partial charge in [0, 0.05) is 6.07 Å². The van der Waals surface area contributed by atoms with Crippen molar-refractivity contribution in [1.29, 1.82) is 0 Å². The van der Waals surface area contributed by atoms with Gasteiger partial charge in [-0.15, -0.1) is 0 Å². The molecule has 1 heterocycles. The molecule has 0 radical (unpaired) electrons. The highest BCUT2D eigenvalue weighted by Gasteiger charge is 2.04. The summed E-state index contributed by atoms with van der Waals surface area (Å²) in [6.45, 7) is 1.06. The molecule has 0 unspecified atom stereocenters. The first-order chi connectivity index (χ1) is 9.86. The number of aromatic nitrogens is 2. The van der Waals surface area contributed by atoms with Crippen molar-refractivity contribution in [1.82, 2.24) is 9.55 Å². The van der Waals surface area contributed by atoms with Crippen molar-refractivity contribution in [2.45, 2.75) is 13.3 Å². The maximum atomic E-state index is 5.73. The summed E-state index contributed by atoms with van der Waals surface area (Å²) < 4.78 is 12.9. The first kappa shape index (κ1) is 12.7. The first-order valence-electron chi connectivity index (χ1n) is 6.47. The molecule has 0 N–H and O–H groups in total. The molecule has 4 heteroatoms. The number of methoxy groups -OCH3 is 1. The van der Waals surface area contributed by atoms with Crippen molar-refractivity contribution in [3.05, 3.63) is 60.4 Å². The molecule has 0 aliphatic rings. The van der Waals surface area contributed by atoms with Gasteiger partial charge in [0.05, 0.1) is 31.1 Å². The molecular formula is C16H16N2O2. The summed E-state index contributed by atoms with van der Waals surface area (Å²) in [5.41, 5.74) is 3.11. The van der Waals surface area contributed by atoms with Gasteiger partial charge >= 0.3 is 0 Å². The smallest absolute Gasteiger partial charge is 0.124 e. The Labute approximate surface area is 117 Å². The fraction of sp³-hybridized carbons (Fsp3) is 0.188. The second-order valence-corrected chi connectivity index (χ2v) is 4.53. The van der Waals surface area contributed by atoms with Crippen LogP contribution in [0, 0.1) is 0 Å². The molecule has 3 aromatic rings. The molecule has 0 amide bonds. The van der Waals surface area contributed by atoms with Crippen LogP contribution in [-0.4, -0.2) is 16.7 Å². The number of hydrogen-bond acceptors (Lipinski definition) is 3. The molecule has 0 aliphatic heterocycles. The van der Waals surface area contributed by atoms with E-state index >= 15 is 0 Å². The fourth-order valence-electron chi connectivity index (χ4n) is 2.10. The minimum Gasteiger partial charge on any atom is -0.497 e. The molecule has 0 aliphatic carbocycles. The lowest BCUT2D eigenvalue weighted by atomic mass is 10.2. The summed E-state index contributed by atoms with van der Waals surface area (Å²) in [5.74, 6) is 0.822. The zero-order valence-electron chi connectivity index (χ0n) is 11.3. The van der Waals surface area contributed by atoms with Crippen molar-refractivity contribution in [2.24, 2.45) is 0 Å². The highest BCUT2D eigenvalue weighted by molar-refractivity contribution is 5.76. The van der Waals surface area contributed by atoms with Gasteiger partial charge in [0.1, 0.15) is 12.5 Å². The lowest BCUT2D eigenvalue weighted by Gasteiger charge is -2.07. The molecule has 102 valence electrons. The SMILES string of the molecule is COc1ccc2ncn(COCc3ccccc3)c2c1. The largest absolute Gasteiger partial charge is 0.497 e. The number of imidazole rings is 1. The molecule has 0 saturated heterocycles. The van der Waals surface area contributed by atoms with E-state index in [1.165, 1.54) is 0 Å². The summed E-state index contributed by atoms with van der Waals surface area (Å²) in [5, 5.41) is 0. The number of benzene rings is 2. The standard InChI is InChI=1S/C16H16N2O2/c1-19-14-7-8-15-16(9-14)18(11-17-15)12-20-10-13-5-3-2-4-6-13/h2-9,11H,10,12H2,1H3. The van der Waals surface area contributed by atoms with Crippen LogP contribution in [-0.2, 0) is 18.1 Å². The zero-order chi connectivity index (χ0) is 13.8. The number of ether oxygens (including phenoxy) is 2. The fourth-order valence-corrected chi connectivity index (χ4v) is 2.10. The van der Waals surface area contributed by atoms with E-state index in [1.807, 2.05) is 41.0 Å². The monoisotopic (exact) mass is 268 g/mol. The predicted octanol–water partition coefficient (Wildman–Crippen LogP) is 3.22. The molecular weight excluding hydrogens is 252 g/mol. The number of fused-ring (bicyclic) bond motifs is 1. The highest BCUT2D eigenvalue weighted by atomic mass is 16.5. The Balaban J connectivity index is 1.71. The van der Waals surface area contributed by atoms with E-state index in [-0.39, 0.29) is 0 Å². The molecule has 0 bridgehead atoms. The molecule has 0 spiro atoms. The number of nitrogens with zero attached hydrogens (tertiary/aromatic N) is 2. The molecule has 2 aromatic carbocycles. The van der Waals surface area contributed by atoms with Crippen molar-refractivity contribution in [3.8, 4) is 5.75 Å². The van der Waals surface area contributed by atoms with Gasteiger partial charge in [-0.1, -0.05) is 30.3 Å². The molecule has 1 aromatic heterocycles. The maximum Gasteiger partial charge on any atom is 0.124 e. The lowest BCUT2D eigenvalue weighted by Crippen LogP contribution is -2.01. The van der Waals surface area contributed by atoms with Gasteiger partial charge < -0.3 is 14.0 Å². The van der Waals surface area contributed by atoms with E-state index in [4.69, 9.17) is 9.47 Å². The normalized spacial score (nSPS) is 10.8. The topological polar surface area (TPSA) is 36.3 Å². The van der Waals surface area contributed by atoms with Crippen LogP contribution < -0.4 is 4.74 Å². The van der Waals surface area contributed by atoms with Crippen LogP contribution in [0.1, 0.15) is 5.56 Å². The van der Waals surface area contributed by atoms with Gasteiger partial charge in [-0.2, -0.15) is 0 Å². The summed E-state index contributed by atoms with van der Waals surface area (Å²) in [6.07, 6.45) is 1.79. The summed E-state index contributed by atoms with van der Waals surface area (Å²) in [6, 6.07) is 15.9. The average Bonchev–Trinajstić information content (AvgIpc) is 2.91. The average molecular weight is 268 g/mol. The van der Waals surface area contributed by atoms with Crippen LogP contribution in [0.4, 0.5) is 0 Å². The maximum absolute atomic E-state index is 5.73. The van der Waals surface area contributed by atoms with Crippen molar-refractivity contribution in [3.63, 3.8) is 0 Å². The van der Waals surface area contributed by atoms with E-state index in [1.54, 1.807) is 13.4 Å². The Morgan fingerprint density at radius 1 is 1.10 bits per heavy atom. The highest BCUT2D eigenvalue weighted by Crippen LogP contribution is 2.19. The third-order valence-corrected chi connectivity index (χ3v) is 3.17. The summed E-state index contributed by atoms with van der Waals surface area (Å²) in [4.78, 5) is 4.35. The van der Waals surface area contributed by atoms with Crippen LogP contribution in [0.3, 0.4) is 0 Å². The van der Waals surface area contributed by atoms with Crippen LogP contribution in [0.5, 0.6) is 5.75 Å². The predicted molar refractivity (Wildman–Crippen MR) is 77.5 cm³/mol. The second-order valence-electron chi connectivity index (χ2n) is 4.53. The van der Waals surface area contributed by atoms with Gasteiger partial charge in [-0.3, -0.25) is 0 Å². The first-order valence-corrected chi connectivity index (χ1v) is 6.47. The quantitative estimate of drug-likeness (QED) is 0.713. The molecule has 3 rings (SSSR count). The van der Waals surface area contributed by atoms with Gasteiger partial charge in [0.25, 0.3) is 0 Å². The van der Waals surface area contributed by atoms with E-state index in [0.717, 1.165) is 22.3 Å². The Kier molecular flexibility index (Phi) is 3.65. The Morgan fingerprint density at radius 3 is 2.75 bits per heavy atom. The minimum absolute atomic E-state index is 0.471. The second kappa shape index (κ2) is 5.75. The van der Waals surface area contributed by atoms with Crippen molar-refractivity contribution < 1.29 is 9.47 Å².